The van der Waals surface area contributed by atoms with Crippen molar-refractivity contribution >= 4 is 52.2 Å². The van der Waals surface area contributed by atoms with Crippen molar-refractivity contribution in [1.29, 1.82) is 0 Å². The number of carbonyl (C=O) groups is 1. The molecule has 0 fully saturated rings. The lowest BCUT2D eigenvalue weighted by molar-refractivity contribution is 0.103. The van der Waals surface area contributed by atoms with Gasteiger partial charge in [-0.05, 0) is 25.1 Å². The molecule has 2 aromatic carbocycles. The molecule has 0 unspecified atom stereocenters. The lowest BCUT2D eigenvalue weighted by Gasteiger charge is -2.10. The van der Waals surface area contributed by atoms with Crippen LogP contribution in [0.3, 0.4) is 0 Å². The van der Waals surface area contributed by atoms with Crippen molar-refractivity contribution in [2.45, 2.75) is 6.92 Å². The molecule has 0 aliphatic carbocycles. The number of carbonyl (C=O) groups excluding carboxylic acids is 1. The van der Waals surface area contributed by atoms with Gasteiger partial charge < -0.3 is 0 Å². The van der Waals surface area contributed by atoms with Crippen molar-refractivity contribution in [2.24, 2.45) is 0 Å². The van der Waals surface area contributed by atoms with Crippen LogP contribution in [0.5, 0.6) is 0 Å². The Hall–Kier alpha value is -0.800. The fraction of sp³-hybridized carbons (Fsp3) is 0.0714. The van der Waals surface area contributed by atoms with Gasteiger partial charge in [0.05, 0.1) is 31.2 Å². The van der Waals surface area contributed by atoms with Gasteiger partial charge in [0, 0.05) is 0 Å². The first kappa shape index (κ1) is 15.6. The molecule has 0 aliphatic rings. The summed E-state index contributed by atoms with van der Waals surface area (Å²) in [6.07, 6.45) is 0. The van der Waals surface area contributed by atoms with E-state index in [0.29, 0.717) is 0 Å². The van der Waals surface area contributed by atoms with Gasteiger partial charge >= 0.3 is 0 Å². The summed E-state index contributed by atoms with van der Waals surface area (Å²) < 4.78 is 13.8. The van der Waals surface area contributed by atoms with Crippen LogP contribution in [0.2, 0.25) is 20.1 Å². The summed E-state index contributed by atoms with van der Waals surface area (Å²) in [6, 6.07) is 5.50. The van der Waals surface area contributed by atoms with Crippen molar-refractivity contribution in [3.05, 3.63) is 66.9 Å². The average Bonchev–Trinajstić information content (AvgIpc) is 2.39. The van der Waals surface area contributed by atoms with Gasteiger partial charge in [0.1, 0.15) is 5.82 Å². The van der Waals surface area contributed by atoms with Crippen LogP contribution in [0.4, 0.5) is 4.39 Å². The first-order chi connectivity index (χ1) is 9.32. The Labute approximate surface area is 135 Å². The Kier molecular flexibility index (Phi) is 4.60. The first-order valence-electron chi connectivity index (χ1n) is 5.46. The van der Waals surface area contributed by atoms with Gasteiger partial charge in [0.2, 0.25) is 0 Å². The molecule has 1 nitrogen and oxygen atoms in total. The molecule has 0 bridgehead atoms. The highest BCUT2D eigenvalue weighted by molar-refractivity contribution is 6.51. The van der Waals surface area contributed by atoms with E-state index in [1.807, 2.05) is 0 Å². The number of rotatable bonds is 2. The fourth-order valence-electron chi connectivity index (χ4n) is 1.72. The van der Waals surface area contributed by atoms with Gasteiger partial charge in [-0.3, -0.25) is 4.79 Å². The van der Waals surface area contributed by atoms with Gasteiger partial charge in [0.15, 0.2) is 5.78 Å². The minimum atomic E-state index is -0.654. The van der Waals surface area contributed by atoms with Gasteiger partial charge in [0.25, 0.3) is 0 Å². The molecule has 0 atom stereocenters. The number of halogens is 5. The van der Waals surface area contributed by atoms with Gasteiger partial charge in [-0.15, -0.1) is 0 Å². The molecule has 6 heteroatoms. The van der Waals surface area contributed by atoms with Crippen molar-refractivity contribution in [1.82, 2.24) is 0 Å². The van der Waals surface area contributed by atoms with Crippen LogP contribution in [0.25, 0.3) is 0 Å². The molecule has 0 aromatic heterocycles. The molecule has 104 valence electrons. The van der Waals surface area contributed by atoms with Crippen LogP contribution in [0, 0.1) is 12.7 Å². The van der Waals surface area contributed by atoms with Gasteiger partial charge in [-0.25, -0.2) is 4.39 Å². The van der Waals surface area contributed by atoms with Crippen LogP contribution in [0.15, 0.2) is 24.3 Å². The highest BCUT2D eigenvalue weighted by Gasteiger charge is 2.23. The second-order valence-corrected chi connectivity index (χ2v) is 5.73. The number of hydrogen-bond acceptors (Lipinski definition) is 1. The van der Waals surface area contributed by atoms with Crippen LogP contribution in [-0.2, 0) is 0 Å². The molecule has 0 spiro atoms. The highest BCUT2D eigenvalue weighted by atomic mass is 35.5. The number of aryl methyl sites for hydroxylation is 1. The largest absolute Gasteiger partial charge is 0.288 e. The molecule has 0 N–H and O–H groups in total. The first-order valence-corrected chi connectivity index (χ1v) is 6.98. The molecule has 0 aliphatic heterocycles. The molecular formula is C14H7Cl4FO. The van der Waals surface area contributed by atoms with E-state index in [4.69, 9.17) is 46.4 Å². The van der Waals surface area contributed by atoms with Crippen molar-refractivity contribution in [3.8, 4) is 0 Å². The zero-order chi connectivity index (χ0) is 15.0. The quantitative estimate of drug-likeness (QED) is 0.369. The van der Waals surface area contributed by atoms with Crippen molar-refractivity contribution in [3.63, 3.8) is 0 Å². The zero-order valence-electron chi connectivity index (χ0n) is 10.1. The predicted molar refractivity (Wildman–Crippen MR) is 81.1 cm³/mol. The predicted octanol–water partition coefficient (Wildman–Crippen LogP) is 5.98. The number of benzene rings is 2. The lowest BCUT2D eigenvalue weighted by atomic mass is 10.0. The maximum Gasteiger partial charge on any atom is 0.199 e. The minimum absolute atomic E-state index is 0.00847. The summed E-state index contributed by atoms with van der Waals surface area (Å²) >= 11 is 23.7. The monoisotopic (exact) mass is 350 g/mol. The molecule has 0 radical (unpaired) electrons. The number of hydrogen-bond donors (Lipinski definition) is 0. The second-order valence-electron chi connectivity index (χ2n) is 4.16. The number of ketones is 1. The van der Waals surface area contributed by atoms with Crippen LogP contribution >= 0.6 is 46.4 Å². The molecule has 0 heterocycles. The average molecular weight is 352 g/mol. The summed E-state index contributed by atoms with van der Waals surface area (Å²) in [6.45, 7) is 1.74. The topological polar surface area (TPSA) is 17.1 Å². The smallest absolute Gasteiger partial charge is 0.199 e. The van der Waals surface area contributed by atoms with E-state index in [1.54, 1.807) is 13.0 Å². The Morgan fingerprint density at radius 2 is 1.65 bits per heavy atom. The highest BCUT2D eigenvalue weighted by Crippen LogP contribution is 2.38. The standard InChI is InChI=1S/C14H7Cl4FO/c1-6-2-3-10(19)7(4-6)14(20)11-8(15)5-9(16)12(17)13(11)18/h2-5H,1H3. The SMILES string of the molecule is Cc1ccc(F)c(C(=O)c2c(Cl)cc(Cl)c(Cl)c2Cl)c1. The second kappa shape index (κ2) is 5.90. The minimum Gasteiger partial charge on any atom is -0.288 e. The molecular weight excluding hydrogens is 345 g/mol. The Morgan fingerprint density at radius 1 is 1.00 bits per heavy atom. The third kappa shape index (κ3) is 2.79. The molecule has 20 heavy (non-hydrogen) atoms. The molecule has 0 amide bonds. The lowest BCUT2D eigenvalue weighted by Crippen LogP contribution is -2.07. The molecule has 0 saturated heterocycles. The fourth-order valence-corrected chi connectivity index (χ4v) is 2.81. The Balaban J connectivity index is 2.66. The van der Waals surface area contributed by atoms with E-state index in [9.17, 15) is 9.18 Å². The molecule has 0 saturated carbocycles. The van der Waals surface area contributed by atoms with Crippen LogP contribution in [-0.4, -0.2) is 5.78 Å². The van der Waals surface area contributed by atoms with Gasteiger partial charge in [-0.2, -0.15) is 0 Å². The third-order valence-electron chi connectivity index (χ3n) is 2.71. The van der Waals surface area contributed by atoms with Crippen LogP contribution in [0.1, 0.15) is 21.5 Å². The van der Waals surface area contributed by atoms with E-state index in [2.05, 4.69) is 0 Å². The summed E-state index contributed by atoms with van der Waals surface area (Å²) in [5.74, 6) is -1.29. The van der Waals surface area contributed by atoms with E-state index in [1.165, 1.54) is 18.2 Å². The van der Waals surface area contributed by atoms with Crippen LogP contribution < -0.4 is 0 Å². The van der Waals surface area contributed by atoms with E-state index < -0.39 is 11.6 Å². The zero-order valence-corrected chi connectivity index (χ0v) is 13.1. The maximum atomic E-state index is 13.8. The summed E-state index contributed by atoms with van der Waals surface area (Å²) in [4.78, 5) is 12.4. The summed E-state index contributed by atoms with van der Waals surface area (Å²) in [7, 11) is 0. The summed E-state index contributed by atoms with van der Waals surface area (Å²) in [5, 5.41) is 0.0717. The Bertz CT molecular complexity index is 713. The summed E-state index contributed by atoms with van der Waals surface area (Å²) in [5.41, 5.74) is 0.557. The van der Waals surface area contributed by atoms with E-state index in [-0.39, 0.29) is 31.2 Å². The molecule has 2 aromatic rings. The Morgan fingerprint density at radius 3 is 2.30 bits per heavy atom. The van der Waals surface area contributed by atoms with Crippen molar-refractivity contribution < 1.29 is 9.18 Å². The van der Waals surface area contributed by atoms with Gasteiger partial charge in [-0.1, -0.05) is 58.0 Å². The third-order valence-corrected chi connectivity index (χ3v) is 4.27. The van der Waals surface area contributed by atoms with Crippen molar-refractivity contribution in [2.75, 3.05) is 0 Å². The van der Waals surface area contributed by atoms with E-state index >= 15 is 0 Å². The maximum absolute atomic E-state index is 13.8. The normalized spacial score (nSPS) is 10.7. The molecule has 2 rings (SSSR count). The van der Waals surface area contributed by atoms with E-state index in [0.717, 1.165) is 5.56 Å².